The minimum atomic E-state index is 0.513. The van der Waals surface area contributed by atoms with E-state index < -0.39 is 0 Å². The minimum Gasteiger partial charge on any atom is -0.400 e. The van der Waals surface area contributed by atoms with Crippen molar-refractivity contribution in [3.63, 3.8) is 0 Å². The zero-order valence-electron chi connectivity index (χ0n) is 11.1. The Kier molecular flexibility index (Phi) is 26.0. The van der Waals surface area contributed by atoms with Gasteiger partial charge in [0.15, 0.2) is 0 Å². The molecule has 14 heavy (non-hydrogen) atoms. The first-order valence-electron chi connectivity index (χ1n) is 5.85. The summed E-state index contributed by atoms with van der Waals surface area (Å²) >= 11 is 0. The maximum absolute atomic E-state index is 7.00. The second-order valence-electron chi connectivity index (χ2n) is 2.81. The molecule has 0 aromatic rings. The predicted molar refractivity (Wildman–Crippen MR) is 64.7 cm³/mol. The van der Waals surface area contributed by atoms with Gasteiger partial charge in [0, 0.05) is 13.7 Å². The number of aliphatic hydroxyl groups is 1. The molecule has 1 fully saturated rings. The van der Waals surface area contributed by atoms with Crippen molar-refractivity contribution in [2.24, 2.45) is 5.92 Å². The Morgan fingerprint density at radius 1 is 1.00 bits per heavy atom. The van der Waals surface area contributed by atoms with Crippen LogP contribution < -0.4 is 0 Å². The fraction of sp³-hybridized carbons (Fsp3) is 1.00. The highest BCUT2D eigenvalue weighted by molar-refractivity contribution is 4.63. The molecule has 0 unspecified atom stereocenters. The van der Waals surface area contributed by atoms with Crippen molar-refractivity contribution in [3.05, 3.63) is 0 Å². The van der Waals surface area contributed by atoms with Gasteiger partial charge in [-0.1, -0.05) is 34.6 Å². The smallest absolute Gasteiger partial charge is 0.0549 e. The molecule has 1 heterocycles. The largest absolute Gasteiger partial charge is 0.400 e. The summed E-state index contributed by atoms with van der Waals surface area (Å²) in [6.45, 7) is 13.4. The summed E-state index contributed by atoms with van der Waals surface area (Å²) in [6.07, 6.45) is 3.02. The maximum atomic E-state index is 7.00. The molecule has 2 heteroatoms. The third-order valence-corrected chi connectivity index (χ3v) is 1.75. The average Bonchev–Trinajstić information content (AvgIpc) is 2.26. The lowest BCUT2D eigenvalue weighted by molar-refractivity contribution is 0.00682. The fourth-order valence-corrected chi connectivity index (χ4v) is 1.22. The molecule has 0 radical (unpaired) electrons. The van der Waals surface area contributed by atoms with Crippen LogP contribution in [0, 0.1) is 5.92 Å². The molecule has 0 aliphatic carbocycles. The van der Waals surface area contributed by atoms with Crippen molar-refractivity contribution in [1.82, 2.24) is 0 Å². The topological polar surface area (TPSA) is 29.5 Å². The third-order valence-electron chi connectivity index (χ3n) is 1.75. The second kappa shape index (κ2) is 18.7. The summed E-state index contributed by atoms with van der Waals surface area (Å²) in [7, 11) is 1.00. The molecule has 0 saturated carbocycles. The highest BCUT2D eigenvalue weighted by Gasteiger charge is 2.13. The molecule has 1 aliphatic heterocycles. The number of ether oxygens (including phenoxy) is 1. The first kappa shape index (κ1) is 19.5. The molecule has 1 N–H and O–H groups in total. The first-order chi connectivity index (χ1) is 6.79. The van der Waals surface area contributed by atoms with Crippen LogP contribution in [0.5, 0.6) is 0 Å². The molecular weight excluding hydrogens is 176 g/mol. The monoisotopic (exact) mass is 206 g/mol. The lowest BCUT2D eigenvalue weighted by Gasteiger charge is -2.23. The predicted octanol–water partition coefficient (Wildman–Crippen LogP) is 3.48. The molecule has 0 amide bonds. The van der Waals surface area contributed by atoms with Crippen LogP contribution in [-0.2, 0) is 4.74 Å². The number of hydrogen-bond donors (Lipinski definition) is 1. The van der Waals surface area contributed by atoms with Gasteiger partial charge in [0.25, 0.3) is 0 Å². The van der Waals surface area contributed by atoms with E-state index in [-0.39, 0.29) is 0 Å². The molecule has 1 aliphatic rings. The van der Waals surface area contributed by atoms with Crippen LogP contribution in [-0.4, -0.2) is 24.9 Å². The van der Waals surface area contributed by atoms with E-state index in [1.807, 2.05) is 27.7 Å². The normalized spacial score (nSPS) is 24.0. The van der Waals surface area contributed by atoms with Gasteiger partial charge in [-0.15, -0.1) is 0 Å². The summed E-state index contributed by atoms with van der Waals surface area (Å²) in [5.41, 5.74) is 0. The molecule has 0 bridgehead atoms. The first-order valence-corrected chi connectivity index (χ1v) is 5.85. The van der Waals surface area contributed by atoms with Gasteiger partial charge in [0.2, 0.25) is 0 Å². The Morgan fingerprint density at radius 2 is 1.43 bits per heavy atom. The van der Waals surface area contributed by atoms with Gasteiger partial charge in [-0.3, -0.25) is 0 Å². The molecule has 1 saturated heterocycles. The van der Waals surface area contributed by atoms with Gasteiger partial charge in [0.1, 0.15) is 0 Å². The number of rotatable bonds is 0. The Labute approximate surface area is 90.7 Å². The Morgan fingerprint density at radius 3 is 1.64 bits per heavy atom. The highest BCUT2D eigenvalue weighted by Crippen LogP contribution is 2.18. The summed E-state index contributed by atoms with van der Waals surface area (Å²) < 4.78 is 5.35. The van der Waals surface area contributed by atoms with Gasteiger partial charge in [-0.2, -0.15) is 0 Å². The van der Waals surface area contributed by atoms with Crippen molar-refractivity contribution in [2.45, 2.75) is 60.5 Å². The highest BCUT2D eigenvalue weighted by atomic mass is 16.5. The SMILES string of the molecule is CC.CC.CO.C[C@H]1CCO[C@@H](C)C1. The summed E-state index contributed by atoms with van der Waals surface area (Å²) in [5.74, 6) is 0.888. The fourth-order valence-electron chi connectivity index (χ4n) is 1.22. The van der Waals surface area contributed by atoms with Crippen molar-refractivity contribution >= 4 is 0 Å². The van der Waals surface area contributed by atoms with Crippen LogP contribution in [0.4, 0.5) is 0 Å². The van der Waals surface area contributed by atoms with E-state index in [2.05, 4.69) is 13.8 Å². The zero-order chi connectivity index (χ0) is 12.0. The molecule has 2 nitrogen and oxygen atoms in total. The molecule has 2 atom stereocenters. The molecule has 0 aromatic heterocycles. The Bertz CT molecular complexity index is 66.7. The third kappa shape index (κ3) is 14.4. The Hall–Kier alpha value is -0.0800. The lowest BCUT2D eigenvalue weighted by atomic mass is 9.99. The van der Waals surface area contributed by atoms with Crippen LogP contribution in [0.2, 0.25) is 0 Å². The van der Waals surface area contributed by atoms with Crippen LogP contribution in [0.15, 0.2) is 0 Å². The lowest BCUT2D eigenvalue weighted by Crippen LogP contribution is -2.20. The molecule has 0 spiro atoms. The summed E-state index contributed by atoms with van der Waals surface area (Å²) in [5, 5.41) is 7.00. The van der Waals surface area contributed by atoms with E-state index in [1.54, 1.807) is 0 Å². The van der Waals surface area contributed by atoms with E-state index in [9.17, 15) is 0 Å². The standard InChI is InChI=1S/C7H14O.2C2H6.CH4O/c1-6-3-4-8-7(2)5-6;3*1-2/h6-7H,3-5H2,1-2H3;2*1-2H3;2H,1H3/t6-,7-;;;/m0.../s1. The summed E-state index contributed by atoms with van der Waals surface area (Å²) in [6, 6.07) is 0. The van der Waals surface area contributed by atoms with Gasteiger partial charge < -0.3 is 9.84 Å². The van der Waals surface area contributed by atoms with E-state index >= 15 is 0 Å². The van der Waals surface area contributed by atoms with E-state index in [0.717, 1.165) is 19.6 Å². The molecule has 1 rings (SSSR count). The van der Waals surface area contributed by atoms with Crippen molar-refractivity contribution in [1.29, 1.82) is 0 Å². The van der Waals surface area contributed by atoms with Crippen molar-refractivity contribution < 1.29 is 9.84 Å². The van der Waals surface area contributed by atoms with Gasteiger partial charge >= 0.3 is 0 Å². The quantitative estimate of drug-likeness (QED) is 0.657. The van der Waals surface area contributed by atoms with Crippen LogP contribution in [0.3, 0.4) is 0 Å². The number of aliphatic hydroxyl groups excluding tert-OH is 1. The Balaban J connectivity index is -0.000000174. The molecule has 90 valence electrons. The molecule has 0 aromatic carbocycles. The maximum Gasteiger partial charge on any atom is 0.0549 e. The second-order valence-corrected chi connectivity index (χ2v) is 2.81. The van der Waals surface area contributed by atoms with E-state index in [4.69, 9.17) is 9.84 Å². The van der Waals surface area contributed by atoms with Crippen LogP contribution >= 0.6 is 0 Å². The summed E-state index contributed by atoms with van der Waals surface area (Å²) in [4.78, 5) is 0. The van der Waals surface area contributed by atoms with Crippen molar-refractivity contribution in [2.75, 3.05) is 13.7 Å². The minimum absolute atomic E-state index is 0.513. The van der Waals surface area contributed by atoms with E-state index in [0.29, 0.717) is 6.10 Å². The zero-order valence-corrected chi connectivity index (χ0v) is 11.1. The number of hydrogen-bond acceptors (Lipinski definition) is 2. The average molecular weight is 206 g/mol. The van der Waals surface area contributed by atoms with Crippen molar-refractivity contribution in [3.8, 4) is 0 Å². The van der Waals surface area contributed by atoms with Gasteiger partial charge in [-0.25, -0.2) is 0 Å². The molecular formula is C12H30O2. The van der Waals surface area contributed by atoms with Gasteiger partial charge in [-0.05, 0) is 25.7 Å². The van der Waals surface area contributed by atoms with Crippen LogP contribution in [0.1, 0.15) is 54.4 Å². The van der Waals surface area contributed by atoms with E-state index in [1.165, 1.54) is 12.8 Å². The van der Waals surface area contributed by atoms with Crippen LogP contribution in [0.25, 0.3) is 0 Å². The van der Waals surface area contributed by atoms with Gasteiger partial charge in [0.05, 0.1) is 6.10 Å².